The fraction of sp³-hybridized carbons (Fsp3) is 0.400. The fourth-order valence-corrected chi connectivity index (χ4v) is 2.98. The van der Waals surface area contributed by atoms with Crippen molar-refractivity contribution < 1.29 is 4.52 Å². The van der Waals surface area contributed by atoms with Gasteiger partial charge < -0.3 is 4.52 Å². The minimum Gasteiger partial charge on any atom is -0.338 e. The van der Waals surface area contributed by atoms with Crippen molar-refractivity contribution in [3.05, 3.63) is 41.0 Å². The molecule has 0 atom stereocenters. The molecule has 3 rings (SSSR count). The summed E-state index contributed by atoms with van der Waals surface area (Å²) >= 11 is 1.48. The average molecular weight is 330 g/mol. The van der Waals surface area contributed by atoms with Gasteiger partial charge >= 0.3 is 0 Å². The maximum Gasteiger partial charge on any atom is 0.237 e. The van der Waals surface area contributed by atoms with Crippen LogP contribution in [0.2, 0.25) is 0 Å². The number of rotatable bonds is 6. The molecular formula is C15H18N6OS. The molecule has 1 aromatic carbocycles. The van der Waals surface area contributed by atoms with Crippen LogP contribution in [-0.4, -0.2) is 30.3 Å². The molecule has 3 aromatic rings. The smallest absolute Gasteiger partial charge is 0.237 e. The summed E-state index contributed by atoms with van der Waals surface area (Å²) in [4.78, 5) is 4.35. The van der Waals surface area contributed by atoms with Crippen molar-refractivity contribution in [2.24, 2.45) is 0 Å². The van der Waals surface area contributed by atoms with Crippen LogP contribution in [-0.2, 0) is 12.2 Å². The van der Waals surface area contributed by atoms with Gasteiger partial charge in [-0.2, -0.15) is 9.67 Å². The van der Waals surface area contributed by atoms with E-state index in [1.165, 1.54) is 17.3 Å². The van der Waals surface area contributed by atoms with Crippen molar-refractivity contribution in [3.8, 4) is 5.69 Å². The van der Waals surface area contributed by atoms with Gasteiger partial charge in [0.05, 0.1) is 11.4 Å². The number of tetrazole rings is 1. The van der Waals surface area contributed by atoms with E-state index in [-0.39, 0.29) is 0 Å². The Kier molecular flexibility index (Phi) is 4.71. The Morgan fingerprint density at radius 2 is 2.13 bits per heavy atom. The second-order valence-corrected chi connectivity index (χ2v) is 6.25. The molecule has 0 unspecified atom stereocenters. The van der Waals surface area contributed by atoms with Crippen LogP contribution in [0.15, 0.2) is 27.9 Å². The van der Waals surface area contributed by atoms with Crippen molar-refractivity contribution in [1.29, 1.82) is 0 Å². The van der Waals surface area contributed by atoms with Gasteiger partial charge in [0, 0.05) is 6.42 Å². The third kappa shape index (κ3) is 3.58. The Balaban J connectivity index is 1.75. The minimum atomic E-state index is 0.544. The number of hydrogen-bond donors (Lipinski definition) is 0. The van der Waals surface area contributed by atoms with Crippen molar-refractivity contribution >= 4 is 11.8 Å². The molecular weight excluding hydrogens is 312 g/mol. The van der Waals surface area contributed by atoms with Gasteiger partial charge in [-0.05, 0) is 42.3 Å². The lowest BCUT2D eigenvalue weighted by Crippen LogP contribution is -2.02. The van der Waals surface area contributed by atoms with E-state index < -0.39 is 0 Å². The number of aryl methyl sites for hydroxylation is 3. The maximum absolute atomic E-state index is 5.24. The van der Waals surface area contributed by atoms with Crippen molar-refractivity contribution in [3.63, 3.8) is 0 Å². The number of aromatic nitrogens is 6. The van der Waals surface area contributed by atoms with Gasteiger partial charge in [-0.15, -0.1) is 5.10 Å². The Bertz CT molecular complexity index is 797. The van der Waals surface area contributed by atoms with Gasteiger partial charge in [0.1, 0.15) is 0 Å². The number of thioether (sulfide) groups is 1. The molecule has 0 radical (unpaired) electrons. The molecule has 0 amide bonds. The number of hydrogen-bond acceptors (Lipinski definition) is 7. The van der Waals surface area contributed by atoms with E-state index >= 15 is 0 Å². The summed E-state index contributed by atoms with van der Waals surface area (Å²) in [5.74, 6) is 1.88. The molecule has 0 saturated heterocycles. The fourth-order valence-electron chi connectivity index (χ4n) is 2.26. The molecule has 0 spiro atoms. The molecule has 120 valence electrons. The standard InChI is InChI=1S/C15H18N6OS/c1-4-5-13-16-14(22-18-13)9-23-15-17-19-20-21(15)12-7-6-10(2)8-11(12)3/h6-8H,4-5,9H2,1-3H3. The molecule has 0 aliphatic rings. The molecule has 7 nitrogen and oxygen atoms in total. The summed E-state index contributed by atoms with van der Waals surface area (Å²) < 4.78 is 6.98. The molecule has 0 aliphatic carbocycles. The van der Waals surface area contributed by atoms with Gasteiger partial charge in [-0.1, -0.05) is 41.5 Å². The molecule has 2 heterocycles. The average Bonchev–Trinajstić information content (AvgIpc) is 3.15. The van der Waals surface area contributed by atoms with Crippen LogP contribution in [0.1, 0.15) is 36.2 Å². The zero-order chi connectivity index (χ0) is 16.2. The number of nitrogens with zero attached hydrogens (tertiary/aromatic N) is 6. The van der Waals surface area contributed by atoms with Crippen molar-refractivity contribution in [2.75, 3.05) is 0 Å². The highest BCUT2D eigenvalue weighted by Crippen LogP contribution is 2.23. The first-order chi connectivity index (χ1) is 11.2. The first-order valence-corrected chi connectivity index (χ1v) is 8.46. The van der Waals surface area contributed by atoms with Crippen LogP contribution in [0.25, 0.3) is 5.69 Å². The third-order valence-corrected chi connectivity index (χ3v) is 4.23. The Hall–Kier alpha value is -2.22. The highest BCUT2D eigenvalue weighted by Gasteiger charge is 2.13. The highest BCUT2D eigenvalue weighted by molar-refractivity contribution is 7.98. The van der Waals surface area contributed by atoms with Crippen molar-refractivity contribution in [1.82, 2.24) is 30.3 Å². The summed E-state index contributed by atoms with van der Waals surface area (Å²) in [7, 11) is 0. The SMILES string of the molecule is CCCc1noc(CSc2nnnn2-c2ccc(C)cc2C)n1. The lowest BCUT2D eigenvalue weighted by Gasteiger charge is -2.07. The lowest BCUT2D eigenvalue weighted by molar-refractivity contribution is 0.384. The summed E-state index contributed by atoms with van der Waals surface area (Å²) in [6.07, 6.45) is 1.82. The van der Waals surface area contributed by atoms with Crippen LogP contribution in [0.4, 0.5) is 0 Å². The zero-order valence-corrected chi connectivity index (χ0v) is 14.2. The van der Waals surface area contributed by atoms with Crippen LogP contribution >= 0.6 is 11.8 Å². The summed E-state index contributed by atoms with van der Waals surface area (Å²) in [6, 6.07) is 6.19. The van der Waals surface area contributed by atoms with Crippen LogP contribution in [0.5, 0.6) is 0 Å². The lowest BCUT2D eigenvalue weighted by atomic mass is 10.1. The highest BCUT2D eigenvalue weighted by atomic mass is 32.2. The number of benzene rings is 1. The first-order valence-electron chi connectivity index (χ1n) is 7.47. The monoisotopic (exact) mass is 330 g/mol. The van der Waals surface area contributed by atoms with Gasteiger partial charge in [0.2, 0.25) is 11.0 Å². The van der Waals surface area contributed by atoms with E-state index in [2.05, 4.69) is 45.6 Å². The predicted octanol–water partition coefficient (Wildman–Crippen LogP) is 2.91. The van der Waals surface area contributed by atoms with Crippen molar-refractivity contribution in [2.45, 2.75) is 44.5 Å². The van der Waals surface area contributed by atoms with E-state index in [1.807, 2.05) is 19.1 Å². The molecule has 0 fully saturated rings. The van der Waals surface area contributed by atoms with Crippen LogP contribution < -0.4 is 0 Å². The molecule has 23 heavy (non-hydrogen) atoms. The van der Waals surface area contributed by atoms with Gasteiger partial charge in [0.25, 0.3) is 0 Å². The van der Waals surface area contributed by atoms with E-state index in [0.717, 1.165) is 29.9 Å². The summed E-state index contributed by atoms with van der Waals surface area (Å²) in [6.45, 7) is 6.20. The largest absolute Gasteiger partial charge is 0.338 e. The summed E-state index contributed by atoms with van der Waals surface area (Å²) in [5, 5.41) is 16.6. The van der Waals surface area contributed by atoms with Crippen LogP contribution in [0, 0.1) is 13.8 Å². The Labute approximate surface area is 138 Å². The van der Waals surface area contributed by atoms with E-state index in [4.69, 9.17) is 4.52 Å². The first kappa shape index (κ1) is 15.7. The van der Waals surface area contributed by atoms with Crippen LogP contribution in [0.3, 0.4) is 0 Å². The summed E-state index contributed by atoms with van der Waals surface area (Å²) in [5.41, 5.74) is 3.31. The maximum atomic E-state index is 5.24. The quantitative estimate of drug-likeness (QED) is 0.643. The van der Waals surface area contributed by atoms with E-state index in [9.17, 15) is 0 Å². The van der Waals surface area contributed by atoms with Gasteiger partial charge in [-0.3, -0.25) is 0 Å². The predicted molar refractivity (Wildman–Crippen MR) is 86.5 cm³/mol. The topological polar surface area (TPSA) is 82.5 Å². The minimum absolute atomic E-state index is 0.544. The second-order valence-electron chi connectivity index (χ2n) is 5.31. The molecule has 0 saturated carbocycles. The van der Waals surface area contributed by atoms with E-state index in [0.29, 0.717) is 16.8 Å². The van der Waals surface area contributed by atoms with Gasteiger partial charge in [0.15, 0.2) is 5.82 Å². The molecule has 8 heteroatoms. The molecule has 2 aromatic heterocycles. The normalized spacial score (nSPS) is 11.1. The van der Waals surface area contributed by atoms with Gasteiger partial charge in [-0.25, -0.2) is 0 Å². The third-order valence-electron chi connectivity index (χ3n) is 3.33. The Morgan fingerprint density at radius 3 is 2.91 bits per heavy atom. The molecule has 0 aliphatic heterocycles. The zero-order valence-electron chi connectivity index (χ0n) is 13.4. The van der Waals surface area contributed by atoms with E-state index in [1.54, 1.807) is 4.68 Å². The molecule has 0 bridgehead atoms. The second kappa shape index (κ2) is 6.91. The molecule has 0 N–H and O–H groups in total. The Morgan fingerprint density at radius 1 is 1.26 bits per heavy atom.